The van der Waals surface area contributed by atoms with Crippen LogP contribution < -0.4 is 5.73 Å². The molecular weight excluding hydrogens is 280 g/mol. The molecule has 2 unspecified atom stereocenters. The van der Waals surface area contributed by atoms with Crippen molar-refractivity contribution in [1.29, 1.82) is 0 Å². The number of nitrogens with zero attached hydrogens (tertiary/aromatic N) is 1. The van der Waals surface area contributed by atoms with Gasteiger partial charge in [-0.2, -0.15) is 4.31 Å². The number of thiophene rings is 1. The molecule has 2 atom stereocenters. The fraction of sp³-hybridized carbons (Fsp3) is 0.692. The van der Waals surface area contributed by atoms with Crippen molar-refractivity contribution in [3.05, 3.63) is 16.5 Å². The van der Waals surface area contributed by atoms with E-state index in [2.05, 4.69) is 6.92 Å². The van der Waals surface area contributed by atoms with Crippen molar-refractivity contribution in [2.75, 3.05) is 13.1 Å². The van der Waals surface area contributed by atoms with E-state index < -0.39 is 10.0 Å². The van der Waals surface area contributed by atoms with E-state index in [1.165, 1.54) is 11.3 Å². The van der Waals surface area contributed by atoms with Crippen LogP contribution in [0.5, 0.6) is 0 Å². The molecule has 1 saturated heterocycles. The number of hydrogen-bond acceptors (Lipinski definition) is 4. The quantitative estimate of drug-likeness (QED) is 0.930. The zero-order valence-electron chi connectivity index (χ0n) is 11.7. The Morgan fingerprint density at radius 1 is 1.47 bits per heavy atom. The lowest BCUT2D eigenvalue weighted by Gasteiger charge is -2.36. The summed E-state index contributed by atoms with van der Waals surface area (Å²) in [6.07, 6.45) is 1.78. The summed E-state index contributed by atoms with van der Waals surface area (Å²) in [7, 11) is -3.38. The standard InChI is InChI=1S/C13H22N2O2S2/c1-9-4-5-15(12(6-9)8-14)19(16,17)13-10(2)7-11(3)18-13/h7,9,12H,4-6,8,14H2,1-3H3. The lowest BCUT2D eigenvalue weighted by molar-refractivity contribution is 0.211. The predicted octanol–water partition coefficient (Wildman–Crippen LogP) is 2.11. The first-order chi connectivity index (χ1) is 8.86. The van der Waals surface area contributed by atoms with Crippen LogP contribution >= 0.6 is 11.3 Å². The van der Waals surface area contributed by atoms with Crippen LogP contribution in [0.25, 0.3) is 0 Å². The number of piperidine rings is 1. The van der Waals surface area contributed by atoms with Crippen LogP contribution in [0.4, 0.5) is 0 Å². The highest BCUT2D eigenvalue weighted by atomic mass is 32.2. The van der Waals surface area contributed by atoms with Gasteiger partial charge >= 0.3 is 0 Å². The van der Waals surface area contributed by atoms with Crippen molar-refractivity contribution in [1.82, 2.24) is 4.31 Å². The fourth-order valence-electron chi connectivity index (χ4n) is 2.74. The molecule has 2 N–H and O–H groups in total. The van der Waals surface area contributed by atoms with Gasteiger partial charge in [0.2, 0.25) is 0 Å². The van der Waals surface area contributed by atoms with Crippen LogP contribution in [-0.4, -0.2) is 31.9 Å². The molecule has 0 saturated carbocycles. The smallest absolute Gasteiger partial charge is 0.253 e. The zero-order valence-corrected chi connectivity index (χ0v) is 13.4. The molecule has 19 heavy (non-hydrogen) atoms. The van der Waals surface area contributed by atoms with Crippen molar-refractivity contribution >= 4 is 21.4 Å². The Kier molecular flexibility index (Phi) is 4.35. The van der Waals surface area contributed by atoms with Crippen LogP contribution in [0.2, 0.25) is 0 Å². The summed E-state index contributed by atoms with van der Waals surface area (Å²) >= 11 is 1.36. The Morgan fingerprint density at radius 2 is 2.16 bits per heavy atom. The lowest BCUT2D eigenvalue weighted by atomic mass is 9.94. The van der Waals surface area contributed by atoms with Gasteiger partial charge in [0.1, 0.15) is 4.21 Å². The Morgan fingerprint density at radius 3 is 2.68 bits per heavy atom. The molecule has 1 fully saturated rings. The maximum absolute atomic E-state index is 12.8. The minimum absolute atomic E-state index is 0.0597. The number of hydrogen-bond donors (Lipinski definition) is 1. The first kappa shape index (κ1) is 15.0. The third-order valence-electron chi connectivity index (χ3n) is 3.73. The van der Waals surface area contributed by atoms with Gasteiger partial charge in [-0.1, -0.05) is 6.92 Å². The molecule has 4 nitrogen and oxygen atoms in total. The number of rotatable bonds is 3. The summed E-state index contributed by atoms with van der Waals surface area (Å²) in [4.78, 5) is 1.03. The van der Waals surface area contributed by atoms with Crippen LogP contribution in [-0.2, 0) is 10.0 Å². The van der Waals surface area contributed by atoms with E-state index in [4.69, 9.17) is 5.73 Å². The maximum atomic E-state index is 12.8. The summed E-state index contributed by atoms with van der Waals surface area (Å²) < 4.78 is 27.7. The summed E-state index contributed by atoms with van der Waals surface area (Å²) in [5.74, 6) is 0.547. The average Bonchev–Trinajstić information content (AvgIpc) is 2.68. The van der Waals surface area contributed by atoms with Gasteiger partial charge in [-0.15, -0.1) is 11.3 Å². The van der Waals surface area contributed by atoms with E-state index in [0.717, 1.165) is 23.3 Å². The van der Waals surface area contributed by atoms with Crippen LogP contribution in [0.1, 0.15) is 30.2 Å². The predicted molar refractivity (Wildman–Crippen MR) is 78.9 cm³/mol. The minimum Gasteiger partial charge on any atom is -0.329 e. The Labute approximate surface area is 119 Å². The van der Waals surface area contributed by atoms with Crippen molar-refractivity contribution < 1.29 is 8.42 Å². The van der Waals surface area contributed by atoms with Gasteiger partial charge in [0.25, 0.3) is 10.0 Å². The van der Waals surface area contributed by atoms with Gasteiger partial charge in [-0.05, 0) is 44.2 Å². The van der Waals surface area contributed by atoms with Crippen LogP contribution in [0, 0.1) is 19.8 Å². The molecule has 1 aromatic rings. The highest BCUT2D eigenvalue weighted by molar-refractivity contribution is 7.91. The highest BCUT2D eigenvalue weighted by Gasteiger charge is 2.36. The number of aryl methyl sites for hydroxylation is 2. The van der Waals surface area contributed by atoms with E-state index in [-0.39, 0.29) is 6.04 Å². The van der Waals surface area contributed by atoms with E-state index >= 15 is 0 Å². The second-order valence-electron chi connectivity index (χ2n) is 5.46. The average molecular weight is 302 g/mol. The summed E-state index contributed by atoms with van der Waals surface area (Å²) in [5, 5.41) is 0. The summed E-state index contributed by atoms with van der Waals surface area (Å²) in [6.45, 7) is 6.94. The molecule has 0 bridgehead atoms. The molecule has 0 aliphatic carbocycles. The van der Waals surface area contributed by atoms with Gasteiger partial charge < -0.3 is 5.73 Å². The summed E-state index contributed by atoms with van der Waals surface area (Å²) in [5.41, 5.74) is 6.62. The van der Waals surface area contributed by atoms with Crippen molar-refractivity contribution in [3.63, 3.8) is 0 Å². The Balaban J connectivity index is 2.36. The lowest BCUT2D eigenvalue weighted by Crippen LogP contribution is -2.49. The maximum Gasteiger partial charge on any atom is 0.253 e. The first-order valence-electron chi connectivity index (χ1n) is 6.65. The molecular formula is C13H22N2O2S2. The van der Waals surface area contributed by atoms with E-state index in [1.807, 2.05) is 19.9 Å². The molecule has 1 aliphatic rings. The summed E-state index contributed by atoms with van der Waals surface area (Å²) in [6, 6.07) is 1.87. The molecule has 6 heteroatoms. The second kappa shape index (κ2) is 5.52. The molecule has 108 valence electrons. The molecule has 1 aromatic heterocycles. The van der Waals surface area contributed by atoms with Crippen molar-refractivity contribution in [3.8, 4) is 0 Å². The Bertz CT molecular complexity index is 551. The van der Waals surface area contributed by atoms with Crippen molar-refractivity contribution in [2.24, 2.45) is 11.7 Å². The van der Waals surface area contributed by atoms with Crippen LogP contribution in [0.3, 0.4) is 0 Å². The Hall–Kier alpha value is -0.430. The van der Waals surface area contributed by atoms with Gasteiger partial charge in [0, 0.05) is 24.0 Å². The monoisotopic (exact) mass is 302 g/mol. The third-order valence-corrected chi connectivity index (χ3v) is 7.45. The molecule has 2 heterocycles. The zero-order chi connectivity index (χ0) is 14.2. The highest BCUT2D eigenvalue weighted by Crippen LogP contribution is 2.33. The minimum atomic E-state index is -3.38. The first-order valence-corrected chi connectivity index (χ1v) is 8.91. The molecule has 0 amide bonds. The van der Waals surface area contributed by atoms with Gasteiger partial charge in [0.05, 0.1) is 0 Å². The SMILES string of the molecule is Cc1cc(C)c(S(=O)(=O)N2CCC(C)CC2CN)s1. The third kappa shape index (κ3) is 2.86. The normalized spacial score (nSPS) is 25.7. The van der Waals surface area contributed by atoms with Crippen molar-refractivity contribution in [2.45, 2.75) is 43.9 Å². The molecule has 2 rings (SSSR count). The number of nitrogens with two attached hydrogens (primary N) is 1. The molecule has 0 radical (unpaired) electrons. The van der Waals surface area contributed by atoms with Crippen LogP contribution in [0.15, 0.2) is 10.3 Å². The van der Waals surface area contributed by atoms with E-state index in [9.17, 15) is 8.42 Å². The second-order valence-corrected chi connectivity index (χ2v) is 8.80. The molecule has 0 spiro atoms. The number of sulfonamides is 1. The van der Waals surface area contributed by atoms with E-state index in [0.29, 0.717) is 23.2 Å². The van der Waals surface area contributed by atoms with Gasteiger partial charge in [-0.3, -0.25) is 0 Å². The topological polar surface area (TPSA) is 63.4 Å². The van der Waals surface area contributed by atoms with Gasteiger partial charge in [-0.25, -0.2) is 8.42 Å². The van der Waals surface area contributed by atoms with E-state index in [1.54, 1.807) is 4.31 Å². The molecule has 1 aliphatic heterocycles. The fourth-order valence-corrected chi connectivity index (χ4v) is 6.18. The van der Waals surface area contributed by atoms with Gasteiger partial charge in [0.15, 0.2) is 0 Å². The molecule has 0 aromatic carbocycles. The largest absolute Gasteiger partial charge is 0.329 e.